The molecular weight excluding hydrogens is 356 g/mol. The van der Waals surface area contributed by atoms with Gasteiger partial charge in [0.15, 0.2) is 0 Å². The number of amides is 1. The van der Waals surface area contributed by atoms with Crippen molar-refractivity contribution in [1.29, 1.82) is 0 Å². The molecule has 0 radical (unpaired) electrons. The Kier molecular flexibility index (Phi) is 5.46. The number of benzene rings is 1. The summed E-state index contributed by atoms with van der Waals surface area (Å²) in [6, 6.07) is 8.68. The minimum Gasteiger partial charge on any atom is -0.349 e. The lowest BCUT2D eigenvalue weighted by Crippen LogP contribution is -2.29. The van der Waals surface area contributed by atoms with Crippen LogP contribution in [0.4, 0.5) is 0 Å². The number of aromatic nitrogens is 3. The summed E-state index contributed by atoms with van der Waals surface area (Å²) in [5, 5.41) is 8.37. The van der Waals surface area contributed by atoms with Gasteiger partial charge in [-0.1, -0.05) is 41.2 Å². The van der Waals surface area contributed by atoms with Crippen LogP contribution >= 0.6 is 11.3 Å². The van der Waals surface area contributed by atoms with Crippen molar-refractivity contribution in [2.75, 3.05) is 0 Å². The summed E-state index contributed by atoms with van der Waals surface area (Å²) in [6.07, 6.45) is 0.836. The summed E-state index contributed by atoms with van der Waals surface area (Å²) in [5.74, 6) is -0.0762. The number of rotatable bonds is 5. The van der Waals surface area contributed by atoms with Crippen LogP contribution in [-0.2, 0) is 6.42 Å². The molecule has 0 unspecified atom stereocenters. The number of hydrogen-bond acceptors (Lipinski definition) is 4. The molecule has 6 heteroatoms. The SMILES string of the molecule is Cc1ccc(Cc2c(C)nn(-c3nc(C)c(C(=O)NC(C)C)s3)c2C)cc1. The van der Waals surface area contributed by atoms with Gasteiger partial charge in [-0.15, -0.1) is 0 Å². The minimum atomic E-state index is -0.0762. The quantitative estimate of drug-likeness (QED) is 0.716. The summed E-state index contributed by atoms with van der Waals surface area (Å²) in [4.78, 5) is 17.6. The molecule has 2 heterocycles. The first kappa shape index (κ1) is 19.3. The first-order valence-electron chi connectivity index (χ1n) is 9.15. The van der Waals surface area contributed by atoms with Gasteiger partial charge in [0.1, 0.15) is 4.88 Å². The zero-order chi connectivity index (χ0) is 19.7. The van der Waals surface area contributed by atoms with Crippen molar-refractivity contribution in [1.82, 2.24) is 20.1 Å². The Morgan fingerprint density at radius 2 is 1.78 bits per heavy atom. The summed E-state index contributed by atoms with van der Waals surface area (Å²) >= 11 is 1.38. The van der Waals surface area contributed by atoms with Gasteiger partial charge in [0.05, 0.1) is 11.4 Å². The largest absolute Gasteiger partial charge is 0.349 e. The van der Waals surface area contributed by atoms with E-state index in [9.17, 15) is 4.79 Å². The van der Waals surface area contributed by atoms with Crippen molar-refractivity contribution >= 4 is 17.2 Å². The topological polar surface area (TPSA) is 59.8 Å². The van der Waals surface area contributed by atoms with Crippen LogP contribution in [0, 0.1) is 27.7 Å². The van der Waals surface area contributed by atoms with E-state index >= 15 is 0 Å². The van der Waals surface area contributed by atoms with Gasteiger partial charge in [-0.3, -0.25) is 4.79 Å². The van der Waals surface area contributed by atoms with Gasteiger partial charge in [-0.05, 0) is 47.1 Å². The van der Waals surface area contributed by atoms with E-state index in [4.69, 9.17) is 5.10 Å². The molecule has 3 rings (SSSR count). The molecule has 1 N–H and O–H groups in total. The van der Waals surface area contributed by atoms with Crippen molar-refractivity contribution in [3.05, 3.63) is 62.9 Å². The lowest BCUT2D eigenvalue weighted by molar-refractivity contribution is 0.0946. The maximum absolute atomic E-state index is 12.4. The van der Waals surface area contributed by atoms with Crippen molar-refractivity contribution in [3.63, 3.8) is 0 Å². The standard InChI is InChI=1S/C21H26N4OS/c1-12(2)22-20(26)19-15(5)23-21(27-19)25-16(6)18(14(4)24-25)11-17-9-7-13(3)8-10-17/h7-10,12H,11H2,1-6H3,(H,22,26). The molecule has 3 aromatic rings. The Morgan fingerprint density at radius 3 is 2.41 bits per heavy atom. The summed E-state index contributed by atoms with van der Waals surface area (Å²) in [6.45, 7) is 12.0. The third-order valence-corrected chi connectivity index (χ3v) is 5.67. The maximum Gasteiger partial charge on any atom is 0.263 e. The molecule has 0 aliphatic heterocycles. The molecule has 0 aliphatic carbocycles. The number of nitrogens with zero attached hydrogens (tertiary/aromatic N) is 3. The van der Waals surface area contributed by atoms with Crippen LogP contribution in [0.1, 0.15) is 57.3 Å². The van der Waals surface area contributed by atoms with E-state index in [0.717, 1.165) is 28.6 Å². The van der Waals surface area contributed by atoms with E-state index in [1.54, 1.807) is 0 Å². The summed E-state index contributed by atoms with van der Waals surface area (Å²) < 4.78 is 1.86. The molecule has 0 spiro atoms. The second kappa shape index (κ2) is 7.64. The highest BCUT2D eigenvalue weighted by atomic mass is 32.1. The van der Waals surface area contributed by atoms with Crippen LogP contribution in [0.3, 0.4) is 0 Å². The number of carbonyl (C=O) groups excluding carboxylic acids is 1. The molecule has 0 saturated carbocycles. The lowest BCUT2D eigenvalue weighted by atomic mass is 10.0. The third kappa shape index (κ3) is 4.11. The highest BCUT2D eigenvalue weighted by Crippen LogP contribution is 2.26. The molecule has 2 aromatic heterocycles. The first-order chi connectivity index (χ1) is 12.8. The Balaban J connectivity index is 1.92. The maximum atomic E-state index is 12.4. The van der Waals surface area contributed by atoms with E-state index in [0.29, 0.717) is 4.88 Å². The molecule has 142 valence electrons. The number of aryl methyl sites for hydroxylation is 3. The molecule has 0 saturated heterocycles. The second-order valence-electron chi connectivity index (χ2n) is 7.26. The van der Waals surface area contributed by atoms with Crippen LogP contribution in [-0.4, -0.2) is 26.7 Å². The number of nitrogens with one attached hydrogen (secondary N) is 1. The molecule has 0 fully saturated rings. The second-order valence-corrected chi connectivity index (χ2v) is 8.24. The van der Waals surface area contributed by atoms with Gasteiger partial charge < -0.3 is 5.32 Å². The van der Waals surface area contributed by atoms with Crippen molar-refractivity contribution < 1.29 is 4.79 Å². The third-order valence-electron chi connectivity index (χ3n) is 4.54. The zero-order valence-electron chi connectivity index (χ0n) is 16.8. The van der Waals surface area contributed by atoms with Crippen LogP contribution in [0.5, 0.6) is 0 Å². The van der Waals surface area contributed by atoms with Crippen LogP contribution in [0.25, 0.3) is 5.13 Å². The fourth-order valence-electron chi connectivity index (χ4n) is 3.04. The van der Waals surface area contributed by atoms with E-state index in [2.05, 4.69) is 48.4 Å². The molecule has 0 bridgehead atoms. The highest BCUT2D eigenvalue weighted by molar-refractivity contribution is 7.16. The van der Waals surface area contributed by atoms with Crippen molar-refractivity contribution in [3.8, 4) is 5.13 Å². The minimum absolute atomic E-state index is 0.0762. The normalized spacial score (nSPS) is 11.2. The average Bonchev–Trinajstić information content (AvgIpc) is 3.11. The fraction of sp³-hybridized carbons (Fsp3) is 0.381. The van der Waals surface area contributed by atoms with Crippen LogP contribution < -0.4 is 5.32 Å². The monoisotopic (exact) mass is 382 g/mol. The molecule has 1 aromatic carbocycles. The molecule has 1 amide bonds. The van der Waals surface area contributed by atoms with E-state index in [-0.39, 0.29) is 11.9 Å². The zero-order valence-corrected chi connectivity index (χ0v) is 17.6. The molecule has 5 nitrogen and oxygen atoms in total. The van der Waals surface area contributed by atoms with Gasteiger partial charge >= 0.3 is 0 Å². The fourth-order valence-corrected chi connectivity index (χ4v) is 4.01. The Bertz CT molecular complexity index is 967. The number of thiazole rings is 1. The van der Waals surface area contributed by atoms with Crippen molar-refractivity contribution in [2.24, 2.45) is 0 Å². The molecular formula is C21H26N4OS. The van der Waals surface area contributed by atoms with Gasteiger partial charge in [0, 0.05) is 23.7 Å². The predicted octanol–water partition coefficient (Wildman–Crippen LogP) is 4.29. The average molecular weight is 383 g/mol. The highest BCUT2D eigenvalue weighted by Gasteiger charge is 2.20. The van der Waals surface area contributed by atoms with Crippen LogP contribution in [0.15, 0.2) is 24.3 Å². The Labute approximate surface area is 164 Å². The lowest BCUT2D eigenvalue weighted by Gasteiger charge is -2.06. The smallest absolute Gasteiger partial charge is 0.263 e. The van der Waals surface area contributed by atoms with E-state index < -0.39 is 0 Å². The Morgan fingerprint density at radius 1 is 1.11 bits per heavy atom. The summed E-state index contributed by atoms with van der Waals surface area (Å²) in [7, 11) is 0. The van der Waals surface area contributed by atoms with E-state index in [1.165, 1.54) is 28.0 Å². The van der Waals surface area contributed by atoms with Gasteiger partial charge in [-0.25, -0.2) is 9.67 Å². The number of hydrogen-bond donors (Lipinski definition) is 1. The molecule has 0 aliphatic rings. The molecule has 0 atom stereocenters. The van der Waals surface area contributed by atoms with E-state index in [1.807, 2.05) is 32.4 Å². The van der Waals surface area contributed by atoms with Crippen molar-refractivity contribution in [2.45, 2.75) is 54.0 Å². The van der Waals surface area contributed by atoms with Gasteiger partial charge in [-0.2, -0.15) is 5.10 Å². The number of carbonyl (C=O) groups is 1. The Hall–Kier alpha value is -2.47. The van der Waals surface area contributed by atoms with Gasteiger partial charge in [0.2, 0.25) is 5.13 Å². The molecule has 27 heavy (non-hydrogen) atoms. The predicted molar refractivity (Wildman–Crippen MR) is 110 cm³/mol. The summed E-state index contributed by atoms with van der Waals surface area (Å²) in [5.41, 5.74) is 6.53. The first-order valence-corrected chi connectivity index (χ1v) is 9.97. The van der Waals surface area contributed by atoms with Crippen LogP contribution in [0.2, 0.25) is 0 Å². The van der Waals surface area contributed by atoms with Gasteiger partial charge in [0.25, 0.3) is 5.91 Å².